The van der Waals surface area contributed by atoms with Gasteiger partial charge in [0.1, 0.15) is 6.10 Å². The fraction of sp³-hybridized carbons (Fsp3) is 0.312. The van der Waals surface area contributed by atoms with Crippen LogP contribution < -0.4 is 14.2 Å². The number of nitrogens with zero attached hydrogens (tertiary/aromatic N) is 1. The van der Waals surface area contributed by atoms with Crippen LogP contribution in [0, 0.1) is 0 Å². The fourth-order valence-electron chi connectivity index (χ4n) is 2.37. The van der Waals surface area contributed by atoms with Gasteiger partial charge in [-0.3, -0.25) is 4.98 Å². The summed E-state index contributed by atoms with van der Waals surface area (Å²) in [4.78, 5) is 3.93. The number of aliphatic hydroxyl groups excluding tert-OH is 2. The predicted molar refractivity (Wildman–Crippen MR) is 80.3 cm³/mol. The standard InChI is InChI=1S/C16H19NO5/c1-20-12-8-11(9-18)13(16(22-3)15(12)21-2)14(19)10-4-6-17-7-5-10/h4-8,14,18-19H,9H2,1-3H3. The Kier molecular flexibility index (Phi) is 5.19. The van der Waals surface area contributed by atoms with Gasteiger partial charge in [-0.25, -0.2) is 0 Å². The summed E-state index contributed by atoms with van der Waals surface area (Å²) in [6, 6.07) is 5.02. The second kappa shape index (κ2) is 7.11. The lowest BCUT2D eigenvalue weighted by Crippen LogP contribution is -2.09. The van der Waals surface area contributed by atoms with E-state index in [4.69, 9.17) is 14.2 Å². The average molecular weight is 305 g/mol. The minimum absolute atomic E-state index is 0.270. The third-order valence-corrected chi connectivity index (χ3v) is 3.42. The van der Waals surface area contributed by atoms with E-state index in [2.05, 4.69) is 4.98 Å². The maximum absolute atomic E-state index is 10.7. The zero-order valence-electron chi connectivity index (χ0n) is 12.7. The van der Waals surface area contributed by atoms with E-state index < -0.39 is 6.10 Å². The molecular formula is C16H19NO5. The summed E-state index contributed by atoms with van der Waals surface area (Å²) in [5.41, 5.74) is 1.57. The van der Waals surface area contributed by atoms with Gasteiger partial charge in [0.2, 0.25) is 5.75 Å². The van der Waals surface area contributed by atoms with Gasteiger partial charge in [-0.2, -0.15) is 0 Å². The van der Waals surface area contributed by atoms with Crippen LogP contribution in [0.5, 0.6) is 17.2 Å². The molecule has 0 amide bonds. The SMILES string of the molecule is COc1cc(CO)c(C(O)c2ccncc2)c(OC)c1OC. The van der Waals surface area contributed by atoms with Gasteiger partial charge in [0.05, 0.1) is 27.9 Å². The molecule has 0 spiro atoms. The number of rotatable bonds is 6. The number of aromatic nitrogens is 1. The summed E-state index contributed by atoms with van der Waals surface area (Å²) in [7, 11) is 4.46. The zero-order chi connectivity index (χ0) is 16.1. The zero-order valence-corrected chi connectivity index (χ0v) is 12.7. The Labute approximate surface area is 128 Å². The second-order valence-corrected chi connectivity index (χ2v) is 4.56. The Balaban J connectivity index is 2.67. The molecule has 1 heterocycles. The van der Waals surface area contributed by atoms with E-state index in [9.17, 15) is 10.2 Å². The maximum Gasteiger partial charge on any atom is 0.203 e. The number of aliphatic hydroxyl groups is 2. The number of ether oxygens (including phenoxy) is 3. The van der Waals surface area contributed by atoms with Gasteiger partial charge in [0.25, 0.3) is 0 Å². The van der Waals surface area contributed by atoms with Gasteiger partial charge in [-0.15, -0.1) is 0 Å². The van der Waals surface area contributed by atoms with Crippen molar-refractivity contribution in [1.82, 2.24) is 4.98 Å². The topological polar surface area (TPSA) is 81.0 Å². The number of benzene rings is 1. The van der Waals surface area contributed by atoms with E-state index >= 15 is 0 Å². The Morgan fingerprint density at radius 2 is 1.68 bits per heavy atom. The van der Waals surface area contributed by atoms with Crippen LogP contribution in [0.4, 0.5) is 0 Å². The first-order valence-electron chi connectivity index (χ1n) is 6.68. The fourth-order valence-corrected chi connectivity index (χ4v) is 2.37. The highest BCUT2D eigenvalue weighted by Crippen LogP contribution is 2.45. The molecule has 0 radical (unpaired) electrons. The van der Waals surface area contributed by atoms with E-state index in [0.717, 1.165) is 0 Å². The Morgan fingerprint density at radius 1 is 1.05 bits per heavy atom. The predicted octanol–water partition coefficient (Wildman–Crippen LogP) is 1.68. The Hall–Kier alpha value is -2.31. The van der Waals surface area contributed by atoms with Crippen molar-refractivity contribution in [2.45, 2.75) is 12.7 Å². The lowest BCUT2D eigenvalue weighted by Gasteiger charge is -2.22. The first kappa shape index (κ1) is 16.1. The molecule has 0 fully saturated rings. The Morgan fingerprint density at radius 3 is 2.18 bits per heavy atom. The van der Waals surface area contributed by atoms with Crippen molar-refractivity contribution < 1.29 is 24.4 Å². The first-order valence-corrected chi connectivity index (χ1v) is 6.68. The molecule has 118 valence electrons. The molecule has 0 aliphatic heterocycles. The third-order valence-electron chi connectivity index (χ3n) is 3.42. The lowest BCUT2D eigenvalue weighted by atomic mass is 9.95. The van der Waals surface area contributed by atoms with Gasteiger partial charge in [0, 0.05) is 18.0 Å². The van der Waals surface area contributed by atoms with Crippen molar-refractivity contribution in [3.8, 4) is 17.2 Å². The highest BCUT2D eigenvalue weighted by atomic mass is 16.5. The summed E-state index contributed by atoms with van der Waals surface area (Å²) in [5, 5.41) is 20.3. The molecule has 1 atom stereocenters. The summed E-state index contributed by atoms with van der Waals surface area (Å²) >= 11 is 0. The Bertz CT molecular complexity index is 630. The quantitative estimate of drug-likeness (QED) is 0.845. The molecule has 0 bridgehead atoms. The maximum atomic E-state index is 10.7. The summed E-state index contributed by atoms with van der Waals surface area (Å²) < 4.78 is 16.0. The van der Waals surface area contributed by atoms with Crippen LogP contribution in [-0.4, -0.2) is 36.5 Å². The number of hydrogen-bond donors (Lipinski definition) is 2. The number of methoxy groups -OCH3 is 3. The van der Waals surface area contributed by atoms with Gasteiger partial charge in [0.15, 0.2) is 11.5 Å². The van der Waals surface area contributed by atoms with Crippen LogP contribution in [0.3, 0.4) is 0 Å². The third kappa shape index (κ3) is 2.84. The van der Waals surface area contributed by atoms with E-state index in [-0.39, 0.29) is 6.61 Å². The van der Waals surface area contributed by atoms with Crippen LogP contribution in [-0.2, 0) is 6.61 Å². The molecule has 2 aromatic rings. The van der Waals surface area contributed by atoms with Crippen molar-refractivity contribution in [2.24, 2.45) is 0 Å². The smallest absolute Gasteiger partial charge is 0.203 e. The molecule has 2 N–H and O–H groups in total. The lowest BCUT2D eigenvalue weighted by molar-refractivity contribution is 0.204. The van der Waals surface area contributed by atoms with Crippen LogP contribution in [0.2, 0.25) is 0 Å². The van der Waals surface area contributed by atoms with Gasteiger partial charge in [-0.1, -0.05) is 0 Å². The van der Waals surface area contributed by atoms with E-state index in [0.29, 0.717) is 33.9 Å². The molecular weight excluding hydrogens is 286 g/mol. The first-order chi connectivity index (χ1) is 10.7. The van der Waals surface area contributed by atoms with Crippen LogP contribution >= 0.6 is 0 Å². The highest BCUT2D eigenvalue weighted by Gasteiger charge is 2.26. The van der Waals surface area contributed by atoms with E-state index in [1.165, 1.54) is 21.3 Å². The molecule has 6 nitrogen and oxygen atoms in total. The molecule has 1 unspecified atom stereocenters. The van der Waals surface area contributed by atoms with Crippen molar-refractivity contribution in [3.05, 3.63) is 47.3 Å². The van der Waals surface area contributed by atoms with Crippen molar-refractivity contribution in [3.63, 3.8) is 0 Å². The summed E-state index contributed by atoms with van der Waals surface area (Å²) in [6.07, 6.45) is 2.19. The molecule has 0 aliphatic rings. The molecule has 22 heavy (non-hydrogen) atoms. The highest BCUT2D eigenvalue weighted by molar-refractivity contribution is 5.61. The van der Waals surface area contributed by atoms with E-state index in [1.807, 2.05) is 0 Å². The van der Waals surface area contributed by atoms with E-state index in [1.54, 1.807) is 30.6 Å². The largest absolute Gasteiger partial charge is 0.493 e. The average Bonchev–Trinajstić information content (AvgIpc) is 2.59. The van der Waals surface area contributed by atoms with Gasteiger partial charge in [-0.05, 0) is 29.3 Å². The number of hydrogen-bond acceptors (Lipinski definition) is 6. The molecule has 0 aliphatic carbocycles. The molecule has 6 heteroatoms. The van der Waals surface area contributed by atoms with Crippen LogP contribution in [0.15, 0.2) is 30.6 Å². The minimum atomic E-state index is -0.986. The van der Waals surface area contributed by atoms with Crippen molar-refractivity contribution in [2.75, 3.05) is 21.3 Å². The van der Waals surface area contributed by atoms with Crippen LogP contribution in [0.25, 0.3) is 0 Å². The molecule has 2 rings (SSSR count). The normalized spacial score (nSPS) is 11.9. The molecule has 1 aromatic heterocycles. The minimum Gasteiger partial charge on any atom is -0.493 e. The second-order valence-electron chi connectivity index (χ2n) is 4.56. The number of pyridine rings is 1. The molecule has 0 saturated carbocycles. The van der Waals surface area contributed by atoms with Gasteiger partial charge < -0.3 is 24.4 Å². The van der Waals surface area contributed by atoms with Crippen molar-refractivity contribution in [1.29, 1.82) is 0 Å². The van der Waals surface area contributed by atoms with Crippen molar-refractivity contribution >= 4 is 0 Å². The summed E-state index contributed by atoms with van der Waals surface area (Å²) in [5.74, 6) is 1.12. The van der Waals surface area contributed by atoms with Crippen LogP contribution in [0.1, 0.15) is 22.8 Å². The van der Waals surface area contributed by atoms with Gasteiger partial charge >= 0.3 is 0 Å². The summed E-state index contributed by atoms with van der Waals surface area (Å²) in [6.45, 7) is -0.270. The molecule has 0 saturated heterocycles. The monoisotopic (exact) mass is 305 g/mol. The molecule has 1 aromatic carbocycles.